The molecule has 2 rings (SSSR count). The topological polar surface area (TPSA) is 42.0 Å². The second-order valence-corrected chi connectivity index (χ2v) is 5.36. The van der Waals surface area contributed by atoms with Crippen molar-refractivity contribution in [1.29, 1.82) is 0 Å². The van der Waals surface area contributed by atoms with Crippen molar-refractivity contribution in [3.63, 3.8) is 0 Å². The standard InChI is InChI=1S/C11H12N2OS2/c1-7-3-4-15-10(7)11(14)12-5-9-13-8(2)6-16-9/h3-4,6H,5H2,1-2H3,(H,12,14). The van der Waals surface area contributed by atoms with Crippen molar-refractivity contribution >= 4 is 28.6 Å². The van der Waals surface area contributed by atoms with Gasteiger partial charge >= 0.3 is 0 Å². The van der Waals surface area contributed by atoms with Crippen molar-refractivity contribution in [2.45, 2.75) is 20.4 Å². The third-order valence-corrected chi connectivity index (χ3v) is 4.12. The van der Waals surface area contributed by atoms with Crippen LogP contribution >= 0.6 is 22.7 Å². The lowest BCUT2D eigenvalue weighted by Crippen LogP contribution is -2.22. The van der Waals surface area contributed by atoms with Gasteiger partial charge in [0.05, 0.1) is 11.4 Å². The predicted molar refractivity (Wildman–Crippen MR) is 67.1 cm³/mol. The fraction of sp³-hybridized carbons (Fsp3) is 0.273. The fourth-order valence-corrected chi connectivity index (χ4v) is 2.88. The number of nitrogens with zero attached hydrogens (tertiary/aromatic N) is 1. The Kier molecular flexibility index (Phi) is 3.36. The molecule has 0 aromatic carbocycles. The van der Waals surface area contributed by atoms with Crippen molar-refractivity contribution in [3.8, 4) is 0 Å². The number of thiophene rings is 1. The molecule has 5 heteroatoms. The summed E-state index contributed by atoms with van der Waals surface area (Å²) >= 11 is 3.04. The monoisotopic (exact) mass is 252 g/mol. The van der Waals surface area contributed by atoms with Crippen molar-refractivity contribution in [1.82, 2.24) is 10.3 Å². The Bertz CT molecular complexity index is 502. The highest BCUT2D eigenvalue weighted by atomic mass is 32.1. The summed E-state index contributed by atoms with van der Waals surface area (Å²) in [7, 11) is 0. The van der Waals surface area contributed by atoms with E-state index in [2.05, 4.69) is 10.3 Å². The Labute approximate surface area is 102 Å². The van der Waals surface area contributed by atoms with Gasteiger partial charge in [0.15, 0.2) is 0 Å². The Morgan fingerprint density at radius 2 is 2.25 bits per heavy atom. The van der Waals surface area contributed by atoms with Crippen LogP contribution in [0.1, 0.15) is 25.9 Å². The van der Waals surface area contributed by atoms with E-state index in [1.807, 2.05) is 30.7 Å². The molecule has 0 saturated heterocycles. The van der Waals surface area contributed by atoms with E-state index < -0.39 is 0 Å². The molecule has 2 aromatic rings. The molecule has 0 bridgehead atoms. The lowest BCUT2D eigenvalue weighted by atomic mass is 10.3. The van der Waals surface area contributed by atoms with Crippen molar-refractivity contribution in [3.05, 3.63) is 38.0 Å². The lowest BCUT2D eigenvalue weighted by Gasteiger charge is -2.01. The predicted octanol–water partition coefficient (Wildman–Crippen LogP) is 2.75. The van der Waals surface area contributed by atoms with Gasteiger partial charge in [-0.1, -0.05) is 0 Å². The minimum absolute atomic E-state index is 0.0136. The Balaban J connectivity index is 1.96. The van der Waals surface area contributed by atoms with E-state index in [1.165, 1.54) is 11.3 Å². The van der Waals surface area contributed by atoms with Gasteiger partial charge in [0, 0.05) is 11.1 Å². The first-order chi connectivity index (χ1) is 7.66. The summed E-state index contributed by atoms with van der Waals surface area (Å²) in [4.78, 5) is 16.9. The van der Waals surface area contributed by atoms with E-state index in [0.29, 0.717) is 6.54 Å². The minimum Gasteiger partial charge on any atom is -0.345 e. The summed E-state index contributed by atoms with van der Waals surface area (Å²) < 4.78 is 0. The van der Waals surface area contributed by atoms with Crippen LogP contribution in [0.15, 0.2) is 16.8 Å². The number of carbonyl (C=O) groups excluding carboxylic acids is 1. The number of hydrogen-bond donors (Lipinski definition) is 1. The Hall–Kier alpha value is -1.20. The molecule has 0 atom stereocenters. The van der Waals surface area contributed by atoms with Crippen molar-refractivity contribution in [2.24, 2.45) is 0 Å². The smallest absolute Gasteiger partial charge is 0.261 e. The van der Waals surface area contributed by atoms with Crippen LogP contribution in [0, 0.1) is 13.8 Å². The molecule has 0 aliphatic rings. The summed E-state index contributed by atoms with van der Waals surface area (Å²) in [5, 5.41) is 7.73. The van der Waals surface area contributed by atoms with Crippen LogP contribution in [0.25, 0.3) is 0 Å². The van der Waals surface area contributed by atoms with Gasteiger partial charge in [-0.05, 0) is 30.9 Å². The van der Waals surface area contributed by atoms with Gasteiger partial charge in [-0.25, -0.2) is 4.98 Å². The summed E-state index contributed by atoms with van der Waals surface area (Å²) in [6.07, 6.45) is 0. The fourth-order valence-electron chi connectivity index (χ4n) is 1.33. The van der Waals surface area contributed by atoms with Gasteiger partial charge in [0.25, 0.3) is 5.91 Å². The molecule has 0 aliphatic carbocycles. The molecule has 0 spiro atoms. The molecule has 3 nitrogen and oxygen atoms in total. The second-order valence-electron chi connectivity index (χ2n) is 3.50. The quantitative estimate of drug-likeness (QED) is 0.912. The number of hydrogen-bond acceptors (Lipinski definition) is 4. The van der Waals surface area contributed by atoms with Crippen LogP contribution in [0.2, 0.25) is 0 Å². The second kappa shape index (κ2) is 4.76. The number of aryl methyl sites for hydroxylation is 2. The van der Waals surface area contributed by atoms with Gasteiger partial charge in [-0.3, -0.25) is 4.79 Å². The van der Waals surface area contributed by atoms with Crippen LogP contribution in [0.4, 0.5) is 0 Å². The van der Waals surface area contributed by atoms with Gasteiger partial charge in [-0.15, -0.1) is 22.7 Å². The third kappa shape index (κ3) is 2.48. The molecular formula is C11H12N2OS2. The van der Waals surface area contributed by atoms with Crippen LogP contribution in [-0.2, 0) is 6.54 Å². The van der Waals surface area contributed by atoms with Gasteiger partial charge < -0.3 is 5.32 Å². The van der Waals surface area contributed by atoms with Crippen LogP contribution in [0.3, 0.4) is 0 Å². The average molecular weight is 252 g/mol. The highest BCUT2D eigenvalue weighted by Crippen LogP contribution is 2.15. The van der Waals surface area contributed by atoms with E-state index in [4.69, 9.17) is 0 Å². The molecule has 2 heterocycles. The van der Waals surface area contributed by atoms with Gasteiger partial charge in [-0.2, -0.15) is 0 Å². The number of rotatable bonds is 3. The molecule has 1 amide bonds. The molecule has 0 radical (unpaired) electrons. The van der Waals surface area contributed by atoms with Crippen LogP contribution in [0.5, 0.6) is 0 Å². The van der Waals surface area contributed by atoms with E-state index >= 15 is 0 Å². The van der Waals surface area contributed by atoms with Crippen molar-refractivity contribution in [2.75, 3.05) is 0 Å². The maximum absolute atomic E-state index is 11.8. The zero-order chi connectivity index (χ0) is 11.5. The van der Waals surface area contributed by atoms with Crippen LogP contribution in [-0.4, -0.2) is 10.9 Å². The largest absolute Gasteiger partial charge is 0.345 e. The van der Waals surface area contributed by atoms with E-state index in [-0.39, 0.29) is 5.91 Å². The maximum Gasteiger partial charge on any atom is 0.261 e. The summed E-state index contributed by atoms with van der Waals surface area (Å²) in [6.45, 7) is 4.40. The number of aromatic nitrogens is 1. The number of carbonyl (C=O) groups is 1. The molecule has 84 valence electrons. The lowest BCUT2D eigenvalue weighted by molar-refractivity contribution is 0.0954. The first kappa shape index (κ1) is 11.3. The molecular weight excluding hydrogens is 240 g/mol. The van der Waals surface area contributed by atoms with Crippen LogP contribution < -0.4 is 5.32 Å². The summed E-state index contributed by atoms with van der Waals surface area (Å²) in [5.41, 5.74) is 2.03. The number of thiazole rings is 1. The molecule has 0 saturated carbocycles. The van der Waals surface area contributed by atoms with Gasteiger partial charge in [0.2, 0.25) is 0 Å². The Morgan fingerprint density at radius 1 is 1.44 bits per heavy atom. The maximum atomic E-state index is 11.8. The zero-order valence-corrected chi connectivity index (χ0v) is 10.7. The summed E-state index contributed by atoms with van der Waals surface area (Å²) in [6, 6.07) is 1.95. The SMILES string of the molecule is Cc1csc(CNC(=O)c2sccc2C)n1. The first-order valence-electron chi connectivity index (χ1n) is 4.90. The van der Waals surface area contributed by atoms with Gasteiger partial charge in [0.1, 0.15) is 5.01 Å². The normalized spacial score (nSPS) is 10.4. The Morgan fingerprint density at radius 3 is 2.81 bits per heavy atom. The van der Waals surface area contributed by atoms with E-state index in [0.717, 1.165) is 21.1 Å². The van der Waals surface area contributed by atoms with E-state index in [9.17, 15) is 4.79 Å². The van der Waals surface area contributed by atoms with Crippen molar-refractivity contribution < 1.29 is 4.79 Å². The molecule has 0 fully saturated rings. The first-order valence-corrected chi connectivity index (χ1v) is 6.66. The highest BCUT2D eigenvalue weighted by molar-refractivity contribution is 7.12. The third-order valence-electron chi connectivity index (χ3n) is 2.14. The molecule has 1 N–H and O–H groups in total. The highest BCUT2D eigenvalue weighted by Gasteiger charge is 2.10. The molecule has 0 unspecified atom stereocenters. The minimum atomic E-state index is -0.0136. The average Bonchev–Trinajstić information content (AvgIpc) is 2.84. The molecule has 16 heavy (non-hydrogen) atoms. The number of amides is 1. The molecule has 0 aliphatic heterocycles. The zero-order valence-electron chi connectivity index (χ0n) is 9.11. The van der Waals surface area contributed by atoms with E-state index in [1.54, 1.807) is 11.3 Å². The molecule has 2 aromatic heterocycles. The number of nitrogens with one attached hydrogen (secondary N) is 1. The summed E-state index contributed by atoms with van der Waals surface area (Å²) in [5.74, 6) is -0.0136.